The van der Waals surface area contributed by atoms with Crippen LogP contribution in [0.5, 0.6) is 17.2 Å². The lowest BCUT2D eigenvalue weighted by atomic mass is 10.3. The van der Waals surface area contributed by atoms with Crippen LogP contribution in [-0.2, 0) is 9.05 Å². The first-order valence-corrected chi connectivity index (χ1v) is 7.67. The van der Waals surface area contributed by atoms with E-state index in [-0.39, 0.29) is 10.6 Å². The van der Waals surface area contributed by atoms with Crippen molar-refractivity contribution < 1.29 is 17.9 Å². The zero-order valence-corrected chi connectivity index (χ0v) is 11.6. The molecule has 0 heterocycles. The second-order valence-electron chi connectivity index (χ2n) is 3.67. The van der Waals surface area contributed by atoms with Crippen LogP contribution in [-0.4, -0.2) is 15.5 Å². The SMILES string of the molecule is COc1ccc(Oc2ccccc2)cc1S(=O)(=O)Cl. The lowest BCUT2D eigenvalue weighted by Crippen LogP contribution is -1.97. The number of halogens is 1. The number of ether oxygens (including phenoxy) is 2. The Bertz CT molecular complexity index is 668. The molecule has 0 saturated heterocycles. The van der Waals surface area contributed by atoms with Gasteiger partial charge in [0, 0.05) is 16.7 Å². The highest BCUT2D eigenvalue weighted by Crippen LogP contribution is 2.32. The first-order chi connectivity index (χ1) is 9.00. The Labute approximate surface area is 116 Å². The summed E-state index contributed by atoms with van der Waals surface area (Å²) in [6.07, 6.45) is 0. The molecule has 2 aromatic rings. The molecular formula is C13H11ClO4S. The topological polar surface area (TPSA) is 52.6 Å². The summed E-state index contributed by atoms with van der Waals surface area (Å²) in [6.45, 7) is 0. The monoisotopic (exact) mass is 298 g/mol. The zero-order chi connectivity index (χ0) is 13.9. The Morgan fingerprint density at radius 3 is 2.26 bits per heavy atom. The van der Waals surface area contributed by atoms with Gasteiger partial charge in [-0.2, -0.15) is 0 Å². The van der Waals surface area contributed by atoms with Gasteiger partial charge in [-0.15, -0.1) is 0 Å². The quantitative estimate of drug-likeness (QED) is 0.812. The molecule has 0 saturated carbocycles. The van der Waals surface area contributed by atoms with Gasteiger partial charge in [0.05, 0.1) is 7.11 Å². The molecule has 0 aliphatic rings. The predicted octanol–water partition coefficient (Wildman–Crippen LogP) is 3.42. The molecule has 4 nitrogen and oxygen atoms in total. The van der Waals surface area contributed by atoms with Crippen molar-refractivity contribution in [2.24, 2.45) is 0 Å². The summed E-state index contributed by atoms with van der Waals surface area (Å²) >= 11 is 0. The molecule has 0 aromatic heterocycles. The molecule has 0 aliphatic carbocycles. The number of rotatable bonds is 4. The molecule has 0 aliphatic heterocycles. The summed E-state index contributed by atoms with van der Waals surface area (Å²) in [5, 5.41) is 0. The lowest BCUT2D eigenvalue weighted by molar-refractivity contribution is 0.400. The van der Waals surface area contributed by atoms with Crippen LogP contribution in [0, 0.1) is 0 Å². The molecule has 2 rings (SSSR count). The van der Waals surface area contributed by atoms with Crippen LogP contribution >= 0.6 is 10.7 Å². The maximum absolute atomic E-state index is 11.4. The molecule has 0 atom stereocenters. The van der Waals surface area contributed by atoms with Crippen LogP contribution in [0.3, 0.4) is 0 Å². The Morgan fingerprint density at radius 2 is 1.68 bits per heavy atom. The third-order valence-corrected chi connectivity index (χ3v) is 3.72. The highest BCUT2D eigenvalue weighted by atomic mass is 35.7. The molecule has 0 amide bonds. The average Bonchev–Trinajstić information content (AvgIpc) is 2.39. The van der Waals surface area contributed by atoms with E-state index in [1.807, 2.05) is 18.2 Å². The van der Waals surface area contributed by atoms with Crippen molar-refractivity contribution in [3.63, 3.8) is 0 Å². The highest BCUT2D eigenvalue weighted by molar-refractivity contribution is 8.13. The van der Waals surface area contributed by atoms with Crippen LogP contribution in [0.2, 0.25) is 0 Å². The number of hydrogen-bond acceptors (Lipinski definition) is 4. The minimum atomic E-state index is -3.89. The molecule has 0 radical (unpaired) electrons. The summed E-state index contributed by atoms with van der Waals surface area (Å²) in [5.74, 6) is 1.15. The predicted molar refractivity (Wildman–Crippen MR) is 72.5 cm³/mol. The fourth-order valence-corrected chi connectivity index (χ4v) is 2.55. The van der Waals surface area contributed by atoms with Gasteiger partial charge in [-0.3, -0.25) is 0 Å². The fraction of sp³-hybridized carbons (Fsp3) is 0.0769. The van der Waals surface area contributed by atoms with E-state index in [1.165, 1.54) is 19.2 Å². The zero-order valence-electron chi connectivity index (χ0n) is 10.0. The van der Waals surface area contributed by atoms with Gasteiger partial charge in [0.15, 0.2) is 0 Å². The first kappa shape index (κ1) is 13.7. The minimum Gasteiger partial charge on any atom is -0.495 e. The Balaban J connectivity index is 2.39. The van der Waals surface area contributed by atoms with Gasteiger partial charge in [0.2, 0.25) is 0 Å². The van der Waals surface area contributed by atoms with E-state index >= 15 is 0 Å². The van der Waals surface area contributed by atoms with Gasteiger partial charge < -0.3 is 9.47 Å². The number of methoxy groups -OCH3 is 1. The van der Waals surface area contributed by atoms with Gasteiger partial charge in [-0.05, 0) is 24.3 Å². The molecule has 2 aromatic carbocycles. The number of para-hydroxylation sites is 1. The smallest absolute Gasteiger partial charge is 0.265 e. The molecule has 100 valence electrons. The van der Waals surface area contributed by atoms with Gasteiger partial charge in [-0.1, -0.05) is 18.2 Å². The number of hydrogen-bond donors (Lipinski definition) is 0. The molecule has 0 fully saturated rings. The normalized spacial score (nSPS) is 11.1. The van der Waals surface area contributed by atoms with E-state index in [0.29, 0.717) is 11.5 Å². The largest absolute Gasteiger partial charge is 0.495 e. The van der Waals surface area contributed by atoms with Gasteiger partial charge in [-0.25, -0.2) is 8.42 Å². The Kier molecular flexibility index (Phi) is 3.97. The van der Waals surface area contributed by atoms with E-state index in [1.54, 1.807) is 18.2 Å². The van der Waals surface area contributed by atoms with E-state index < -0.39 is 9.05 Å². The van der Waals surface area contributed by atoms with Crippen LogP contribution in [0.4, 0.5) is 0 Å². The maximum atomic E-state index is 11.4. The van der Waals surface area contributed by atoms with Crippen molar-refractivity contribution in [1.29, 1.82) is 0 Å². The van der Waals surface area contributed by atoms with E-state index in [0.717, 1.165) is 0 Å². The lowest BCUT2D eigenvalue weighted by Gasteiger charge is -2.09. The number of benzene rings is 2. The summed E-state index contributed by atoms with van der Waals surface area (Å²) in [7, 11) is 2.83. The van der Waals surface area contributed by atoms with Crippen LogP contribution in [0.15, 0.2) is 53.4 Å². The summed E-state index contributed by atoms with van der Waals surface area (Å²) in [4.78, 5) is -0.120. The van der Waals surface area contributed by atoms with E-state index in [2.05, 4.69) is 0 Å². The molecule has 19 heavy (non-hydrogen) atoms. The van der Waals surface area contributed by atoms with E-state index in [9.17, 15) is 8.42 Å². The van der Waals surface area contributed by atoms with Crippen molar-refractivity contribution in [1.82, 2.24) is 0 Å². The van der Waals surface area contributed by atoms with Crippen molar-refractivity contribution in [2.75, 3.05) is 7.11 Å². The van der Waals surface area contributed by atoms with Crippen LogP contribution < -0.4 is 9.47 Å². The molecule has 0 spiro atoms. The summed E-state index contributed by atoms with van der Waals surface area (Å²) in [6, 6.07) is 13.4. The standard InChI is InChI=1S/C13H11ClO4S/c1-17-12-8-7-11(9-13(12)19(14,15)16)18-10-5-3-2-4-6-10/h2-9H,1H3. The Hall–Kier alpha value is -1.72. The van der Waals surface area contributed by atoms with E-state index in [4.69, 9.17) is 20.2 Å². The fourth-order valence-electron chi connectivity index (χ4n) is 1.54. The van der Waals surface area contributed by atoms with Crippen molar-refractivity contribution in [3.8, 4) is 17.2 Å². The second kappa shape index (κ2) is 5.50. The minimum absolute atomic E-state index is 0.120. The third kappa shape index (κ3) is 3.39. The summed E-state index contributed by atoms with van der Waals surface area (Å²) < 4.78 is 33.4. The first-order valence-electron chi connectivity index (χ1n) is 5.36. The van der Waals surface area contributed by atoms with Crippen molar-refractivity contribution >= 4 is 19.7 Å². The molecule has 0 unspecified atom stereocenters. The average molecular weight is 299 g/mol. The van der Waals surface area contributed by atoms with Gasteiger partial charge >= 0.3 is 0 Å². The van der Waals surface area contributed by atoms with Crippen molar-refractivity contribution in [2.45, 2.75) is 4.90 Å². The maximum Gasteiger partial charge on any atom is 0.265 e. The molecule has 0 N–H and O–H groups in total. The summed E-state index contributed by atoms with van der Waals surface area (Å²) in [5.41, 5.74) is 0. The third-order valence-electron chi connectivity index (χ3n) is 2.38. The van der Waals surface area contributed by atoms with Crippen LogP contribution in [0.1, 0.15) is 0 Å². The molecule has 0 bridgehead atoms. The highest BCUT2D eigenvalue weighted by Gasteiger charge is 2.17. The molecular weight excluding hydrogens is 288 g/mol. The Morgan fingerprint density at radius 1 is 1.00 bits per heavy atom. The van der Waals surface area contributed by atoms with Gasteiger partial charge in [0.1, 0.15) is 22.1 Å². The second-order valence-corrected chi connectivity index (χ2v) is 6.20. The van der Waals surface area contributed by atoms with Gasteiger partial charge in [0.25, 0.3) is 9.05 Å². The van der Waals surface area contributed by atoms with Crippen molar-refractivity contribution in [3.05, 3.63) is 48.5 Å². The molecule has 6 heteroatoms. The van der Waals surface area contributed by atoms with Crippen LogP contribution in [0.25, 0.3) is 0 Å².